The monoisotopic (exact) mass is 373 g/mol. The van der Waals surface area contributed by atoms with Gasteiger partial charge in [-0.1, -0.05) is 26.0 Å². The zero-order valence-corrected chi connectivity index (χ0v) is 17.5. The highest BCUT2D eigenvalue weighted by Crippen LogP contribution is 2.20. The summed E-state index contributed by atoms with van der Waals surface area (Å²) in [6, 6.07) is 7.79. The van der Waals surface area contributed by atoms with E-state index in [0.29, 0.717) is 30.5 Å². The molecule has 0 spiro atoms. The van der Waals surface area contributed by atoms with Crippen LogP contribution in [0.5, 0.6) is 0 Å². The van der Waals surface area contributed by atoms with E-state index in [1.807, 2.05) is 45.4 Å². The minimum atomic E-state index is -0.0261. The maximum absolute atomic E-state index is 12.3. The Balaban J connectivity index is 1.92. The van der Waals surface area contributed by atoms with Gasteiger partial charge in [0.15, 0.2) is 5.96 Å². The van der Waals surface area contributed by atoms with Gasteiger partial charge < -0.3 is 20.4 Å². The van der Waals surface area contributed by atoms with E-state index >= 15 is 0 Å². The molecule has 6 heteroatoms. The Morgan fingerprint density at radius 2 is 1.93 bits per heavy atom. The number of rotatable bonds is 6. The van der Waals surface area contributed by atoms with Crippen LogP contribution in [0.3, 0.4) is 0 Å². The van der Waals surface area contributed by atoms with Crippen molar-refractivity contribution in [1.82, 2.24) is 20.4 Å². The summed E-state index contributed by atoms with van der Waals surface area (Å²) in [6.07, 6.45) is 1.28. The molecule has 1 amide bonds. The zero-order valence-electron chi connectivity index (χ0n) is 17.5. The summed E-state index contributed by atoms with van der Waals surface area (Å²) < 4.78 is 0. The third-order valence-corrected chi connectivity index (χ3v) is 4.86. The number of benzene rings is 1. The maximum atomic E-state index is 12.3. The largest absolute Gasteiger partial charge is 0.352 e. The van der Waals surface area contributed by atoms with Crippen molar-refractivity contribution in [2.45, 2.75) is 26.8 Å². The van der Waals surface area contributed by atoms with Gasteiger partial charge in [-0.25, -0.2) is 0 Å². The summed E-state index contributed by atoms with van der Waals surface area (Å²) >= 11 is 0. The Labute approximate surface area is 164 Å². The highest BCUT2D eigenvalue weighted by Gasteiger charge is 2.23. The fourth-order valence-corrected chi connectivity index (χ4v) is 3.67. The number of hydrogen-bond acceptors (Lipinski definition) is 3. The molecule has 0 saturated carbocycles. The summed E-state index contributed by atoms with van der Waals surface area (Å²) in [5.74, 6) is 2.28. The molecule has 2 rings (SSSR count). The van der Waals surface area contributed by atoms with Gasteiger partial charge in [-0.05, 0) is 50.0 Å². The van der Waals surface area contributed by atoms with Gasteiger partial charge in [0.05, 0.1) is 0 Å². The Bertz CT molecular complexity index is 633. The predicted octanol–water partition coefficient (Wildman–Crippen LogP) is 2.03. The SMILES string of the molecule is CN=C(NCc1cccc(C(=O)NCCN(C)C)c1)N1CC(C)CC(C)C1. The van der Waals surface area contributed by atoms with Crippen LogP contribution >= 0.6 is 0 Å². The lowest BCUT2D eigenvalue weighted by Gasteiger charge is -2.37. The zero-order chi connectivity index (χ0) is 19.8. The lowest BCUT2D eigenvalue weighted by molar-refractivity contribution is 0.0951. The third-order valence-electron chi connectivity index (χ3n) is 4.86. The molecule has 1 aliphatic rings. The number of carbonyl (C=O) groups is 1. The molecule has 0 aromatic heterocycles. The van der Waals surface area contributed by atoms with Crippen LogP contribution < -0.4 is 10.6 Å². The Kier molecular flexibility index (Phi) is 8.10. The fourth-order valence-electron chi connectivity index (χ4n) is 3.67. The molecule has 2 atom stereocenters. The summed E-state index contributed by atoms with van der Waals surface area (Å²) in [7, 11) is 5.82. The number of likely N-dealkylation sites (N-methyl/N-ethyl adjacent to an activating group) is 1. The number of hydrogen-bond donors (Lipinski definition) is 2. The molecule has 2 N–H and O–H groups in total. The Hall–Kier alpha value is -2.08. The molecule has 27 heavy (non-hydrogen) atoms. The van der Waals surface area contributed by atoms with E-state index < -0.39 is 0 Å². The summed E-state index contributed by atoms with van der Waals surface area (Å²) in [5, 5.41) is 6.42. The average molecular weight is 374 g/mol. The molecular weight excluding hydrogens is 338 g/mol. The van der Waals surface area contributed by atoms with E-state index in [2.05, 4.69) is 39.3 Å². The van der Waals surface area contributed by atoms with Gasteiger partial charge in [-0.15, -0.1) is 0 Å². The molecule has 6 nitrogen and oxygen atoms in total. The minimum absolute atomic E-state index is 0.0261. The number of guanidine groups is 1. The molecule has 0 aliphatic carbocycles. The van der Waals surface area contributed by atoms with Crippen LogP contribution in [0.1, 0.15) is 36.2 Å². The topological polar surface area (TPSA) is 60.0 Å². The van der Waals surface area contributed by atoms with E-state index in [4.69, 9.17) is 0 Å². The van der Waals surface area contributed by atoms with Crippen molar-refractivity contribution in [3.8, 4) is 0 Å². The first-order chi connectivity index (χ1) is 12.9. The first kappa shape index (κ1) is 21.2. The maximum Gasteiger partial charge on any atom is 0.251 e. The Morgan fingerprint density at radius 3 is 2.56 bits per heavy atom. The van der Waals surface area contributed by atoms with Crippen molar-refractivity contribution < 1.29 is 4.79 Å². The van der Waals surface area contributed by atoms with Crippen LogP contribution in [-0.2, 0) is 6.54 Å². The van der Waals surface area contributed by atoms with Crippen molar-refractivity contribution in [3.05, 3.63) is 35.4 Å². The number of nitrogens with zero attached hydrogens (tertiary/aromatic N) is 3. The Morgan fingerprint density at radius 1 is 1.22 bits per heavy atom. The van der Waals surface area contributed by atoms with E-state index in [0.717, 1.165) is 31.2 Å². The van der Waals surface area contributed by atoms with E-state index in [-0.39, 0.29) is 5.91 Å². The average Bonchev–Trinajstić information content (AvgIpc) is 2.61. The van der Waals surface area contributed by atoms with Gasteiger partial charge in [0.1, 0.15) is 0 Å². The second-order valence-corrected chi connectivity index (χ2v) is 8.01. The van der Waals surface area contributed by atoms with Crippen LogP contribution in [0.15, 0.2) is 29.3 Å². The lowest BCUT2D eigenvalue weighted by Crippen LogP contribution is -2.48. The first-order valence-corrected chi connectivity index (χ1v) is 9.86. The number of amides is 1. The summed E-state index contributed by atoms with van der Waals surface area (Å²) in [5.41, 5.74) is 1.78. The van der Waals surface area contributed by atoms with Gasteiger partial charge >= 0.3 is 0 Å². The molecule has 2 unspecified atom stereocenters. The molecule has 150 valence electrons. The predicted molar refractivity (Wildman–Crippen MR) is 112 cm³/mol. The van der Waals surface area contributed by atoms with Crippen LogP contribution in [0, 0.1) is 11.8 Å². The number of nitrogens with one attached hydrogen (secondary N) is 2. The van der Waals surface area contributed by atoms with E-state index in [1.165, 1.54) is 6.42 Å². The van der Waals surface area contributed by atoms with Crippen molar-refractivity contribution in [1.29, 1.82) is 0 Å². The van der Waals surface area contributed by atoms with Crippen molar-refractivity contribution >= 4 is 11.9 Å². The molecule has 1 aliphatic heterocycles. The van der Waals surface area contributed by atoms with Crippen LogP contribution in [-0.4, -0.2) is 69.0 Å². The minimum Gasteiger partial charge on any atom is -0.352 e. The molecule has 1 fully saturated rings. The second kappa shape index (κ2) is 10.3. The van der Waals surface area contributed by atoms with Gasteiger partial charge in [0.25, 0.3) is 5.91 Å². The second-order valence-electron chi connectivity index (χ2n) is 8.01. The number of piperidine rings is 1. The quantitative estimate of drug-likeness (QED) is 0.592. The lowest BCUT2D eigenvalue weighted by atomic mass is 9.92. The normalized spacial score (nSPS) is 20.7. The molecule has 1 saturated heterocycles. The fraction of sp³-hybridized carbons (Fsp3) is 0.619. The van der Waals surface area contributed by atoms with Crippen LogP contribution in [0.4, 0.5) is 0 Å². The number of aliphatic imine (C=N–C) groups is 1. The van der Waals surface area contributed by atoms with Gasteiger partial charge in [0.2, 0.25) is 0 Å². The third kappa shape index (κ3) is 6.86. The highest BCUT2D eigenvalue weighted by molar-refractivity contribution is 5.94. The van der Waals surface area contributed by atoms with Gasteiger partial charge in [-0.2, -0.15) is 0 Å². The molecule has 0 bridgehead atoms. The van der Waals surface area contributed by atoms with Crippen LogP contribution in [0.2, 0.25) is 0 Å². The van der Waals surface area contributed by atoms with Crippen LogP contribution in [0.25, 0.3) is 0 Å². The van der Waals surface area contributed by atoms with Crippen molar-refractivity contribution in [2.75, 3.05) is 47.3 Å². The smallest absolute Gasteiger partial charge is 0.251 e. The van der Waals surface area contributed by atoms with Crippen molar-refractivity contribution in [2.24, 2.45) is 16.8 Å². The number of likely N-dealkylation sites (tertiary alicyclic amines) is 1. The van der Waals surface area contributed by atoms with Gasteiger partial charge in [-0.3, -0.25) is 9.79 Å². The molecular formula is C21H35N5O. The number of carbonyl (C=O) groups excluding carboxylic acids is 1. The summed E-state index contributed by atoms with van der Waals surface area (Å²) in [4.78, 5) is 21.2. The van der Waals surface area contributed by atoms with Crippen molar-refractivity contribution in [3.63, 3.8) is 0 Å². The van der Waals surface area contributed by atoms with E-state index in [9.17, 15) is 4.79 Å². The first-order valence-electron chi connectivity index (χ1n) is 9.86. The molecule has 1 aromatic rings. The highest BCUT2D eigenvalue weighted by atomic mass is 16.1. The van der Waals surface area contributed by atoms with E-state index in [1.54, 1.807) is 0 Å². The molecule has 0 radical (unpaired) electrons. The standard InChI is InChI=1S/C21H35N5O/c1-16-11-17(2)15-26(14-16)21(22-3)24-13-18-7-6-8-19(12-18)20(27)23-9-10-25(4)5/h6-8,12,16-17H,9-11,13-15H2,1-5H3,(H,22,24)(H,23,27). The summed E-state index contributed by atoms with van der Waals surface area (Å²) in [6.45, 7) is 8.81. The molecule has 1 aromatic carbocycles. The van der Waals surface area contributed by atoms with Gasteiger partial charge in [0, 0.05) is 45.3 Å². The molecule has 1 heterocycles.